The molecule has 0 spiro atoms. The van der Waals surface area contributed by atoms with Crippen molar-refractivity contribution in [1.82, 2.24) is 25.5 Å². The highest BCUT2D eigenvalue weighted by Gasteiger charge is 2.19. The number of thiocarbonyl (C=S) groups is 1. The maximum Gasteiger partial charge on any atom is 0.148 e. The van der Waals surface area contributed by atoms with Gasteiger partial charge in [0.05, 0.1) is 4.99 Å². The average Bonchev–Trinajstić information content (AvgIpc) is 2.92. The monoisotopic (exact) mass is 267 g/mol. The minimum Gasteiger partial charge on any atom is -0.366 e. The zero-order chi connectivity index (χ0) is 12.8. The lowest BCUT2D eigenvalue weighted by Crippen LogP contribution is -2.37. The minimum atomic E-state index is 0.665. The van der Waals surface area contributed by atoms with E-state index in [4.69, 9.17) is 12.2 Å². The van der Waals surface area contributed by atoms with Crippen molar-refractivity contribution in [3.63, 3.8) is 0 Å². The summed E-state index contributed by atoms with van der Waals surface area (Å²) in [5, 5.41) is 13.8. The molecular formula is C12H21N5S. The SMILES string of the molecule is CN(C(=S)CCCc1nnn[nH]1)C1CCCCC1. The van der Waals surface area contributed by atoms with E-state index in [1.54, 1.807) is 0 Å². The summed E-state index contributed by atoms with van der Waals surface area (Å²) in [6.45, 7) is 0. The van der Waals surface area contributed by atoms with Gasteiger partial charge in [0.2, 0.25) is 0 Å². The Kier molecular flexibility index (Phi) is 5.04. The van der Waals surface area contributed by atoms with Crippen LogP contribution >= 0.6 is 12.2 Å². The van der Waals surface area contributed by atoms with Crippen LogP contribution in [-0.4, -0.2) is 43.6 Å². The van der Waals surface area contributed by atoms with Crippen LogP contribution in [0.15, 0.2) is 0 Å². The molecule has 0 unspecified atom stereocenters. The molecule has 1 aliphatic rings. The number of rotatable bonds is 5. The molecule has 0 atom stereocenters. The Morgan fingerprint density at radius 2 is 2.17 bits per heavy atom. The van der Waals surface area contributed by atoms with Gasteiger partial charge in [-0.3, -0.25) is 0 Å². The fourth-order valence-electron chi connectivity index (χ4n) is 2.54. The highest BCUT2D eigenvalue weighted by Crippen LogP contribution is 2.22. The normalized spacial score (nSPS) is 16.7. The van der Waals surface area contributed by atoms with Gasteiger partial charge in [-0.2, -0.15) is 0 Å². The molecule has 0 amide bonds. The van der Waals surface area contributed by atoms with Crippen LogP contribution < -0.4 is 0 Å². The third-order valence-electron chi connectivity index (χ3n) is 3.71. The fraction of sp³-hybridized carbons (Fsp3) is 0.833. The van der Waals surface area contributed by atoms with Crippen molar-refractivity contribution >= 4 is 17.2 Å². The first-order valence-electron chi connectivity index (χ1n) is 6.75. The molecule has 1 aliphatic carbocycles. The molecule has 100 valence electrons. The number of H-pyrrole nitrogens is 1. The second-order valence-electron chi connectivity index (χ2n) is 5.00. The van der Waals surface area contributed by atoms with E-state index in [9.17, 15) is 0 Å². The van der Waals surface area contributed by atoms with Gasteiger partial charge in [-0.05, 0) is 36.1 Å². The van der Waals surface area contributed by atoms with Gasteiger partial charge in [-0.25, -0.2) is 5.10 Å². The summed E-state index contributed by atoms with van der Waals surface area (Å²) in [4.78, 5) is 3.39. The number of nitrogens with zero attached hydrogens (tertiary/aromatic N) is 4. The summed E-state index contributed by atoms with van der Waals surface area (Å²) in [7, 11) is 2.15. The summed E-state index contributed by atoms with van der Waals surface area (Å²) >= 11 is 5.52. The van der Waals surface area contributed by atoms with Crippen molar-refractivity contribution in [2.75, 3.05) is 7.05 Å². The van der Waals surface area contributed by atoms with Gasteiger partial charge < -0.3 is 4.90 Å². The van der Waals surface area contributed by atoms with Crippen LogP contribution in [0, 0.1) is 0 Å². The number of aromatic amines is 1. The third-order valence-corrected chi connectivity index (χ3v) is 4.20. The maximum absolute atomic E-state index is 5.52. The average molecular weight is 267 g/mol. The summed E-state index contributed by atoms with van der Waals surface area (Å²) in [6.07, 6.45) is 9.49. The first-order chi connectivity index (χ1) is 8.77. The fourth-order valence-corrected chi connectivity index (χ4v) is 2.83. The van der Waals surface area contributed by atoms with Gasteiger partial charge in [-0.1, -0.05) is 31.5 Å². The standard InChI is InChI=1S/C12H21N5S/c1-17(10-6-3-2-4-7-10)12(18)9-5-8-11-13-15-16-14-11/h10H,2-9H2,1H3,(H,13,14,15,16). The highest BCUT2D eigenvalue weighted by molar-refractivity contribution is 7.80. The molecule has 1 N–H and O–H groups in total. The van der Waals surface area contributed by atoms with Gasteiger partial charge in [0.15, 0.2) is 0 Å². The number of tetrazole rings is 1. The zero-order valence-electron chi connectivity index (χ0n) is 10.9. The van der Waals surface area contributed by atoms with E-state index < -0.39 is 0 Å². The maximum atomic E-state index is 5.52. The van der Waals surface area contributed by atoms with E-state index in [2.05, 4.69) is 32.6 Å². The third kappa shape index (κ3) is 3.73. The van der Waals surface area contributed by atoms with Crippen LogP contribution in [0.5, 0.6) is 0 Å². The molecule has 0 aliphatic heterocycles. The Balaban J connectivity index is 1.70. The number of aromatic nitrogens is 4. The van der Waals surface area contributed by atoms with E-state index in [-0.39, 0.29) is 0 Å². The topological polar surface area (TPSA) is 57.7 Å². The van der Waals surface area contributed by atoms with E-state index in [0.717, 1.165) is 30.1 Å². The molecule has 5 nitrogen and oxygen atoms in total. The molecule has 0 radical (unpaired) electrons. The van der Waals surface area contributed by atoms with Crippen LogP contribution in [0.25, 0.3) is 0 Å². The van der Waals surface area contributed by atoms with Gasteiger partial charge in [-0.15, -0.1) is 5.10 Å². The number of nitrogens with one attached hydrogen (secondary N) is 1. The number of hydrogen-bond acceptors (Lipinski definition) is 4. The van der Waals surface area contributed by atoms with Crippen LogP contribution in [0.4, 0.5) is 0 Å². The van der Waals surface area contributed by atoms with Crippen molar-refractivity contribution < 1.29 is 0 Å². The van der Waals surface area contributed by atoms with Crippen LogP contribution in [0.3, 0.4) is 0 Å². The molecule has 0 saturated heterocycles. The Hall–Kier alpha value is -1.04. The second-order valence-corrected chi connectivity index (χ2v) is 5.47. The van der Waals surface area contributed by atoms with Gasteiger partial charge in [0.25, 0.3) is 0 Å². The van der Waals surface area contributed by atoms with Crippen LogP contribution in [-0.2, 0) is 6.42 Å². The lowest BCUT2D eigenvalue weighted by molar-refractivity contribution is 0.278. The Morgan fingerprint density at radius 1 is 1.39 bits per heavy atom. The molecule has 0 bridgehead atoms. The Morgan fingerprint density at radius 3 is 2.83 bits per heavy atom. The smallest absolute Gasteiger partial charge is 0.148 e. The van der Waals surface area contributed by atoms with Crippen molar-refractivity contribution in [2.45, 2.75) is 57.4 Å². The second kappa shape index (κ2) is 6.78. The molecule has 1 aromatic heterocycles. The first-order valence-corrected chi connectivity index (χ1v) is 7.16. The molecular weight excluding hydrogens is 246 g/mol. The quantitative estimate of drug-likeness (QED) is 0.828. The van der Waals surface area contributed by atoms with Gasteiger partial charge in [0, 0.05) is 19.5 Å². The molecule has 1 heterocycles. The summed E-state index contributed by atoms with van der Waals surface area (Å²) < 4.78 is 0. The van der Waals surface area contributed by atoms with Crippen molar-refractivity contribution in [1.29, 1.82) is 0 Å². The van der Waals surface area contributed by atoms with Crippen molar-refractivity contribution in [3.05, 3.63) is 5.82 Å². The van der Waals surface area contributed by atoms with E-state index >= 15 is 0 Å². The van der Waals surface area contributed by atoms with Crippen molar-refractivity contribution in [3.8, 4) is 0 Å². The lowest BCUT2D eigenvalue weighted by Gasteiger charge is -2.33. The number of aryl methyl sites for hydroxylation is 1. The van der Waals surface area contributed by atoms with E-state index in [1.807, 2.05) is 0 Å². The van der Waals surface area contributed by atoms with Crippen molar-refractivity contribution in [2.24, 2.45) is 0 Å². The molecule has 1 saturated carbocycles. The largest absolute Gasteiger partial charge is 0.366 e. The van der Waals surface area contributed by atoms with E-state index in [0.29, 0.717) is 6.04 Å². The molecule has 18 heavy (non-hydrogen) atoms. The Labute approximate surface area is 113 Å². The zero-order valence-corrected chi connectivity index (χ0v) is 11.7. The van der Waals surface area contributed by atoms with E-state index in [1.165, 1.54) is 32.1 Å². The molecule has 6 heteroatoms. The van der Waals surface area contributed by atoms with Crippen LogP contribution in [0.1, 0.15) is 50.8 Å². The predicted molar refractivity (Wildman–Crippen MR) is 74.3 cm³/mol. The first kappa shape index (κ1) is 13.4. The molecule has 0 aromatic carbocycles. The van der Waals surface area contributed by atoms with Gasteiger partial charge >= 0.3 is 0 Å². The number of hydrogen-bond donors (Lipinski definition) is 1. The summed E-state index contributed by atoms with van der Waals surface area (Å²) in [5.74, 6) is 0.845. The molecule has 2 rings (SSSR count). The molecule has 1 fully saturated rings. The van der Waals surface area contributed by atoms with Crippen LogP contribution in [0.2, 0.25) is 0 Å². The predicted octanol–water partition coefficient (Wildman–Crippen LogP) is 2.11. The Bertz CT molecular complexity index is 359. The summed E-state index contributed by atoms with van der Waals surface area (Å²) in [5.41, 5.74) is 0. The summed E-state index contributed by atoms with van der Waals surface area (Å²) in [6, 6.07) is 0.665. The highest BCUT2D eigenvalue weighted by atomic mass is 32.1. The lowest BCUT2D eigenvalue weighted by atomic mass is 9.94. The van der Waals surface area contributed by atoms with Gasteiger partial charge in [0.1, 0.15) is 5.82 Å². The minimum absolute atomic E-state index is 0.665. The molecule has 1 aromatic rings.